The van der Waals surface area contributed by atoms with Gasteiger partial charge in [-0.15, -0.1) is 11.6 Å². The predicted molar refractivity (Wildman–Crippen MR) is 82.9 cm³/mol. The second kappa shape index (κ2) is 7.71. The highest BCUT2D eigenvalue weighted by atomic mass is 35.5. The van der Waals surface area contributed by atoms with Gasteiger partial charge in [-0.1, -0.05) is 60.7 Å². The lowest BCUT2D eigenvalue weighted by Gasteiger charge is -2.16. The number of alkyl halides is 1. The van der Waals surface area contributed by atoms with E-state index in [9.17, 15) is 4.79 Å². The van der Waals surface area contributed by atoms with Crippen molar-refractivity contribution in [1.82, 2.24) is 5.32 Å². The highest BCUT2D eigenvalue weighted by Crippen LogP contribution is 2.05. The van der Waals surface area contributed by atoms with Crippen molar-refractivity contribution in [2.75, 3.05) is 5.88 Å². The minimum absolute atomic E-state index is 0.0118. The number of nitrogens with one attached hydrogen (secondary N) is 1. The first kappa shape index (κ1) is 14.6. The first-order chi connectivity index (χ1) is 9.78. The van der Waals surface area contributed by atoms with E-state index < -0.39 is 0 Å². The summed E-state index contributed by atoms with van der Waals surface area (Å²) < 4.78 is 0. The summed E-state index contributed by atoms with van der Waals surface area (Å²) in [6.45, 7) is 0. The molecule has 2 aromatic carbocycles. The lowest BCUT2D eigenvalue weighted by molar-refractivity contribution is -0.121. The van der Waals surface area contributed by atoms with Crippen molar-refractivity contribution in [3.05, 3.63) is 71.8 Å². The van der Waals surface area contributed by atoms with Crippen LogP contribution in [-0.2, 0) is 17.6 Å². The van der Waals surface area contributed by atoms with Crippen LogP contribution in [0.5, 0.6) is 0 Å². The Morgan fingerprint density at radius 2 is 1.50 bits per heavy atom. The zero-order valence-electron chi connectivity index (χ0n) is 11.3. The molecule has 0 aliphatic rings. The van der Waals surface area contributed by atoms with E-state index in [4.69, 9.17) is 11.6 Å². The van der Waals surface area contributed by atoms with E-state index in [1.807, 2.05) is 60.7 Å². The standard InChI is InChI=1S/C17H18ClNO/c18-13-16(11-14-7-3-1-4-8-14)19-17(20)12-15-9-5-2-6-10-15/h1-10,16H,11-13H2,(H,19,20)/t16-/m0/s1. The summed E-state index contributed by atoms with van der Waals surface area (Å²) >= 11 is 5.95. The van der Waals surface area contributed by atoms with Crippen LogP contribution in [0, 0.1) is 0 Å². The van der Waals surface area contributed by atoms with E-state index in [-0.39, 0.29) is 11.9 Å². The minimum Gasteiger partial charge on any atom is -0.352 e. The van der Waals surface area contributed by atoms with Gasteiger partial charge < -0.3 is 5.32 Å². The Morgan fingerprint density at radius 1 is 0.950 bits per heavy atom. The van der Waals surface area contributed by atoms with Crippen LogP contribution < -0.4 is 5.32 Å². The molecule has 2 aromatic rings. The van der Waals surface area contributed by atoms with Crippen LogP contribution in [0.1, 0.15) is 11.1 Å². The molecular weight excluding hydrogens is 270 g/mol. The first-order valence-corrected chi connectivity index (χ1v) is 7.24. The summed E-state index contributed by atoms with van der Waals surface area (Å²) in [5.74, 6) is 0.424. The van der Waals surface area contributed by atoms with E-state index in [1.165, 1.54) is 5.56 Å². The van der Waals surface area contributed by atoms with E-state index in [0.717, 1.165) is 12.0 Å². The number of rotatable bonds is 6. The Hall–Kier alpha value is -1.80. The highest BCUT2D eigenvalue weighted by Gasteiger charge is 2.12. The smallest absolute Gasteiger partial charge is 0.224 e. The summed E-state index contributed by atoms with van der Waals surface area (Å²) in [4.78, 5) is 12.0. The van der Waals surface area contributed by atoms with Gasteiger partial charge in [-0.05, 0) is 17.5 Å². The van der Waals surface area contributed by atoms with Gasteiger partial charge in [0.2, 0.25) is 5.91 Å². The topological polar surface area (TPSA) is 29.1 Å². The van der Waals surface area contributed by atoms with Crippen molar-refractivity contribution in [3.8, 4) is 0 Å². The van der Waals surface area contributed by atoms with Crippen LogP contribution in [0.15, 0.2) is 60.7 Å². The summed E-state index contributed by atoms with van der Waals surface area (Å²) in [7, 11) is 0. The number of benzene rings is 2. The number of carbonyl (C=O) groups excluding carboxylic acids is 1. The molecule has 0 aliphatic carbocycles. The number of halogens is 1. The van der Waals surface area contributed by atoms with Crippen molar-refractivity contribution in [2.45, 2.75) is 18.9 Å². The molecule has 20 heavy (non-hydrogen) atoms. The van der Waals surface area contributed by atoms with Gasteiger partial charge in [0, 0.05) is 11.9 Å². The average Bonchev–Trinajstić information content (AvgIpc) is 2.48. The Labute approximate surface area is 124 Å². The highest BCUT2D eigenvalue weighted by molar-refractivity contribution is 6.18. The molecule has 3 heteroatoms. The zero-order valence-corrected chi connectivity index (χ0v) is 12.0. The van der Waals surface area contributed by atoms with Crippen LogP contribution in [0.3, 0.4) is 0 Å². The SMILES string of the molecule is O=C(Cc1ccccc1)N[C@H](CCl)Cc1ccccc1. The Kier molecular flexibility index (Phi) is 5.63. The maximum Gasteiger partial charge on any atom is 0.224 e. The summed E-state index contributed by atoms with van der Waals surface area (Å²) in [5.41, 5.74) is 2.19. The van der Waals surface area contributed by atoms with E-state index >= 15 is 0 Å². The van der Waals surface area contributed by atoms with E-state index in [0.29, 0.717) is 12.3 Å². The van der Waals surface area contributed by atoms with Gasteiger partial charge >= 0.3 is 0 Å². The molecule has 104 valence electrons. The fraction of sp³-hybridized carbons (Fsp3) is 0.235. The average molecular weight is 288 g/mol. The fourth-order valence-electron chi connectivity index (χ4n) is 2.10. The third-order valence-corrected chi connectivity index (χ3v) is 3.46. The molecule has 0 spiro atoms. The quantitative estimate of drug-likeness (QED) is 0.812. The second-order valence-corrected chi connectivity index (χ2v) is 5.08. The molecule has 0 heterocycles. The van der Waals surface area contributed by atoms with Gasteiger partial charge in [0.25, 0.3) is 0 Å². The predicted octanol–water partition coefficient (Wildman–Crippen LogP) is 3.20. The molecule has 2 rings (SSSR count). The third kappa shape index (κ3) is 4.71. The van der Waals surface area contributed by atoms with Crippen molar-refractivity contribution in [1.29, 1.82) is 0 Å². The normalized spacial score (nSPS) is 11.8. The number of hydrogen-bond donors (Lipinski definition) is 1. The molecule has 0 aliphatic heterocycles. The van der Waals surface area contributed by atoms with E-state index in [2.05, 4.69) is 5.32 Å². The van der Waals surface area contributed by atoms with Crippen molar-refractivity contribution in [3.63, 3.8) is 0 Å². The molecule has 0 radical (unpaired) electrons. The monoisotopic (exact) mass is 287 g/mol. The molecule has 0 aromatic heterocycles. The summed E-state index contributed by atoms with van der Waals surface area (Å²) in [5, 5.41) is 2.99. The van der Waals surface area contributed by atoms with Crippen LogP contribution in [0.2, 0.25) is 0 Å². The first-order valence-electron chi connectivity index (χ1n) is 6.71. The number of amides is 1. The van der Waals surface area contributed by atoms with Gasteiger partial charge in [0.15, 0.2) is 0 Å². The van der Waals surface area contributed by atoms with Crippen molar-refractivity contribution >= 4 is 17.5 Å². The van der Waals surface area contributed by atoms with Gasteiger partial charge in [-0.25, -0.2) is 0 Å². The summed E-state index contributed by atoms with van der Waals surface area (Å²) in [6, 6.07) is 19.7. The maximum atomic E-state index is 12.0. The fourth-order valence-corrected chi connectivity index (χ4v) is 2.29. The largest absolute Gasteiger partial charge is 0.352 e. The molecule has 1 N–H and O–H groups in total. The minimum atomic E-state index is -0.0321. The van der Waals surface area contributed by atoms with Gasteiger partial charge in [0.1, 0.15) is 0 Å². The molecule has 0 unspecified atom stereocenters. The number of hydrogen-bond acceptors (Lipinski definition) is 1. The molecule has 0 saturated carbocycles. The molecule has 0 fully saturated rings. The van der Waals surface area contributed by atoms with Crippen molar-refractivity contribution in [2.24, 2.45) is 0 Å². The Bertz CT molecular complexity index is 527. The Balaban J connectivity index is 1.88. The second-order valence-electron chi connectivity index (χ2n) is 4.77. The third-order valence-electron chi connectivity index (χ3n) is 3.08. The molecule has 1 amide bonds. The van der Waals surface area contributed by atoms with Gasteiger partial charge in [0.05, 0.1) is 6.42 Å². The molecule has 2 nitrogen and oxygen atoms in total. The molecule has 0 bridgehead atoms. The lowest BCUT2D eigenvalue weighted by atomic mass is 10.1. The van der Waals surface area contributed by atoms with Gasteiger partial charge in [-0.3, -0.25) is 4.79 Å². The van der Waals surface area contributed by atoms with Crippen LogP contribution in [0.25, 0.3) is 0 Å². The zero-order chi connectivity index (χ0) is 14.2. The molecular formula is C17H18ClNO. The van der Waals surface area contributed by atoms with Gasteiger partial charge in [-0.2, -0.15) is 0 Å². The number of carbonyl (C=O) groups is 1. The molecule has 0 saturated heterocycles. The lowest BCUT2D eigenvalue weighted by Crippen LogP contribution is -2.38. The van der Waals surface area contributed by atoms with Crippen LogP contribution in [-0.4, -0.2) is 17.8 Å². The van der Waals surface area contributed by atoms with Crippen molar-refractivity contribution < 1.29 is 4.79 Å². The van der Waals surface area contributed by atoms with Crippen LogP contribution >= 0.6 is 11.6 Å². The van der Waals surface area contributed by atoms with E-state index in [1.54, 1.807) is 0 Å². The van der Waals surface area contributed by atoms with Crippen LogP contribution in [0.4, 0.5) is 0 Å². The molecule has 1 atom stereocenters. The Morgan fingerprint density at radius 3 is 2.05 bits per heavy atom. The maximum absolute atomic E-state index is 12.0. The summed E-state index contributed by atoms with van der Waals surface area (Å²) in [6.07, 6.45) is 1.15.